The molecule has 5 nitrogen and oxygen atoms in total. The first-order chi connectivity index (χ1) is 8.00. The summed E-state index contributed by atoms with van der Waals surface area (Å²) in [5.41, 5.74) is 0. The average molecular weight is 278 g/mol. The number of nitrogens with zero attached hydrogens (tertiary/aromatic N) is 2. The second-order valence-electron chi connectivity index (χ2n) is 4.98. The molecule has 106 valence electrons. The molecule has 0 aromatic carbocycles. The number of hydrogen-bond donors (Lipinski definition) is 1. The van der Waals surface area contributed by atoms with Crippen LogP contribution in [0.15, 0.2) is 0 Å². The molecule has 0 aromatic rings. The minimum Gasteiger partial charge on any atom is -0.339 e. The lowest BCUT2D eigenvalue weighted by Crippen LogP contribution is -2.49. The van der Waals surface area contributed by atoms with E-state index in [2.05, 4.69) is 5.32 Å². The van der Waals surface area contributed by atoms with E-state index in [1.54, 1.807) is 7.05 Å². The summed E-state index contributed by atoms with van der Waals surface area (Å²) in [7, 11) is 1.70. The second-order valence-corrected chi connectivity index (χ2v) is 4.98. The normalized spacial score (nSPS) is 15.2. The Bertz CT molecular complexity index is 278. The van der Waals surface area contributed by atoms with E-state index in [0.717, 1.165) is 26.2 Å². The van der Waals surface area contributed by atoms with Gasteiger partial charge in [0, 0.05) is 39.6 Å². The van der Waals surface area contributed by atoms with Crippen LogP contribution in [0, 0.1) is 5.92 Å². The fraction of sp³-hybridized carbons (Fsp3) is 0.833. The van der Waals surface area contributed by atoms with Gasteiger partial charge in [-0.05, 0) is 5.92 Å². The molecule has 0 aromatic heterocycles. The molecule has 1 fully saturated rings. The monoisotopic (exact) mass is 277 g/mol. The van der Waals surface area contributed by atoms with Crippen LogP contribution in [0.3, 0.4) is 0 Å². The molecular formula is C12H24ClN3O2. The van der Waals surface area contributed by atoms with Crippen molar-refractivity contribution in [2.24, 2.45) is 5.92 Å². The third-order valence-corrected chi connectivity index (χ3v) is 2.85. The molecule has 0 aliphatic carbocycles. The molecular weight excluding hydrogens is 254 g/mol. The highest BCUT2D eigenvalue weighted by Crippen LogP contribution is 2.03. The summed E-state index contributed by atoms with van der Waals surface area (Å²) >= 11 is 0. The first-order valence-electron chi connectivity index (χ1n) is 6.23. The summed E-state index contributed by atoms with van der Waals surface area (Å²) in [6.45, 7) is 7.38. The fourth-order valence-corrected chi connectivity index (χ4v) is 1.81. The van der Waals surface area contributed by atoms with Crippen LogP contribution >= 0.6 is 12.4 Å². The maximum Gasteiger partial charge on any atom is 0.242 e. The van der Waals surface area contributed by atoms with Crippen molar-refractivity contribution in [1.82, 2.24) is 15.1 Å². The van der Waals surface area contributed by atoms with E-state index in [-0.39, 0.29) is 30.8 Å². The lowest BCUT2D eigenvalue weighted by molar-refractivity contribution is -0.140. The lowest BCUT2D eigenvalue weighted by Gasteiger charge is -2.29. The van der Waals surface area contributed by atoms with Crippen LogP contribution in [0.1, 0.15) is 20.3 Å². The van der Waals surface area contributed by atoms with Gasteiger partial charge in [-0.15, -0.1) is 12.4 Å². The topological polar surface area (TPSA) is 52.7 Å². The highest BCUT2D eigenvalue weighted by Gasteiger charge is 2.20. The summed E-state index contributed by atoms with van der Waals surface area (Å²) in [4.78, 5) is 27.0. The van der Waals surface area contributed by atoms with Gasteiger partial charge in [-0.2, -0.15) is 0 Å². The Morgan fingerprint density at radius 3 is 2.33 bits per heavy atom. The molecule has 0 saturated carbocycles. The number of carbonyl (C=O) groups excluding carboxylic acids is 2. The predicted octanol–water partition coefficient (Wildman–Crippen LogP) is 0.345. The lowest BCUT2D eigenvalue weighted by atomic mass is 10.1. The third-order valence-electron chi connectivity index (χ3n) is 2.85. The van der Waals surface area contributed by atoms with Crippen molar-refractivity contribution < 1.29 is 9.59 Å². The Balaban J connectivity index is 0.00000289. The molecule has 0 unspecified atom stereocenters. The largest absolute Gasteiger partial charge is 0.339 e. The van der Waals surface area contributed by atoms with Gasteiger partial charge in [-0.1, -0.05) is 13.8 Å². The molecule has 1 rings (SSSR count). The molecule has 1 saturated heterocycles. The van der Waals surface area contributed by atoms with E-state index in [9.17, 15) is 9.59 Å². The van der Waals surface area contributed by atoms with Crippen LogP contribution in [0.5, 0.6) is 0 Å². The van der Waals surface area contributed by atoms with Crippen LogP contribution in [-0.4, -0.2) is 61.4 Å². The van der Waals surface area contributed by atoms with Crippen molar-refractivity contribution in [3.05, 3.63) is 0 Å². The van der Waals surface area contributed by atoms with Crippen LogP contribution < -0.4 is 5.32 Å². The van der Waals surface area contributed by atoms with Crippen LogP contribution in [0.4, 0.5) is 0 Å². The highest BCUT2D eigenvalue weighted by molar-refractivity contribution is 5.85. The van der Waals surface area contributed by atoms with Gasteiger partial charge in [-0.3, -0.25) is 9.59 Å². The summed E-state index contributed by atoms with van der Waals surface area (Å²) < 4.78 is 0. The number of nitrogens with one attached hydrogen (secondary N) is 1. The molecule has 2 amide bonds. The van der Waals surface area contributed by atoms with Gasteiger partial charge in [-0.25, -0.2) is 0 Å². The average Bonchev–Trinajstić information content (AvgIpc) is 2.29. The van der Waals surface area contributed by atoms with Gasteiger partial charge in [0.05, 0.1) is 6.54 Å². The predicted molar refractivity (Wildman–Crippen MR) is 73.8 cm³/mol. The number of rotatable bonds is 4. The summed E-state index contributed by atoms with van der Waals surface area (Å²) in [5.74, 6) is 0.425. The van der Waals surface area contributed by atoms with Gasteiger partial charge >= 0.3 is 0 Å². The number of likely N-dealkylation sites (N-methyl/N-ethyl adjacent to an activating group) is 1. The molecule has 0 atom stereocenters. The molecule has 0 spiro atoms. The summed E-state index contributed by atoms with van der Waals surface area (Å²) in [5, 5.41) is 3.20. The van der Waals surface area contributed by atoms with Gasteiger partial charge in [0.1, 0.15) is 0 Å². The van der Waals surface area contributed by atoms with E-state index < -0.39 is 0 Å². The van der Waals surface area contributed by atoms with Crippen LogP contribution in [-0.2, 0) is 9.59 Å². The van der Waals surface area contributed by atoms with Gasteiger partial charge < -0.3 is 15.1 Å². The Morgan fingerprint density at radius 2 is 1.83 bits per heavy atom. The van der Waals surface area contributed by atoms with Gasteiger partial charge in [0.25, 0.3) is 0 Å². The molecule has 6 heteroatoms. The first kappa shape index (κ1) is 17.2. The van der Waals surface area contributed by atoms with E-state index in [4.69, 9.17) is 0 Å². The number of carbonyl (C=O) groups is 2. The van der Waals surface area contributed by atoms with E-state index in [1.165, 1.54) is 4.90 Å². The van der Waals surface area contributed by atoms with E-state index >= 15 is 0 Å². The van der Waals surface area contributed by atoms with Crippen molar-refractivity contribution in [2.45, 2.75) is 20.3 Å². The summed E-state index contributed by atoms with van der Waals surface area (Å²) in [6, 6.07) is 0. The van der Waals surface area contributed by atoms with Crippen LogP contribution in [0.2, 0.25) is 0 Å². The van der Waals surface area contributed by atoms with E-state index in [0.29, 0.717) is 12.3 Å². The first-order valence-corrected chi connectivity index (χ1v) is 6.23. The molecule has 1 N–H and O–H groups in total. The standard InChI is InChI=1S/C12H23N3O2.ClH/c1-10(2)8-11(16)14(3)9-12(17)15-6-4-13-5-7-15;/h10,13H,4-9H2,1-3H3;1H. The van der Waals surface area contributed by atoms with Gasteiger partial charge in [0.2, 0.25) is 11.8 Å². The minimum atomic E-state index is 0. The quantitative estimate of drug-likeness (QED) is 0.807. The Kier molecular flexibility index (Phi) is 7.95. The Labute approximate surface area is 115 Å². The van der Waals surface area contributed by atoms with Crippen molar-refractivity contribution in [3.8, 4) is 0 Å². The Morgan fingerprint density at radius 1 is 1.28 bits per heavy atom. The smallest absolute Gasteiger partial charge is 0.242 e. The molecule has 0 radical (unpaired) electrons. The van der Waals surface area contributed by atoms with Crippen molar-refractivity contribution >= 4 is 24.2 Å². The molecule has 0 bridgehead atoms. The highest BCUT2D eigenvalue weighted by atomic mass is 35.5. The van der Waals surface area contributed by atoms with Crippen molar-refractivity contribution in [2.75, 3.05) is 39.8 Å². The third kappa shape index (κ3) is 5.69. The zero-order chi connectivity index (χ0) is 12.8. The van der Waals surface area contributed by atoms with Crippen molar-refractivity contribution in [1.29, 1.82) is 0 Å². The zero-order valence-corrected chi connectivity index (χ0v) is 12.3. The number of piperazine rings is 1. The number of halogens is 1. The number of amides is 2. The summed E-state index contributed by atoms with van der Waals surface area (Å²) in [6.07, 6.45) is 0.505. The zero-order valence-electron chi connectivity index (χ0n) is 11.4. The maximum atomic E-state index is 11.9. The molecule has 1 aliphatic rings. The van der Waals surface area contributed by atoms with Crippen LogP contribution in [0.25, 0.3) is 0 Å². The second kappa shape index (κ2) is 8.32. The fourth-order valence-electron chi connectivity index (χ4n) is 1.81. The van der Waals surface area contributed by atoms with E-state index in [1.807, 2.05) is 18.7 Å². The number of hydrogen-bond acceptors (Lipinski definition) is 3. The van der Waals surface area contributed by atoms with Gasteiger partial charge in [0.15, 0.2) is 0 Å². The molecule has 1 aliphatic heterocycles. The molecule has 1 heterocycles. The Hall–Kier alpha value is -0.810. The SMILES string of the molecule is CC(C)CC(=O)N(C)CC(=O)N1CCNCC1.Cl. The molecule has 18 heavy (non-hydrogen) atoms. The van der Waals surface area contributed by atoms with Crippen molar-refractivity contribution in [3.63, 3.8) is 0 Å². The maximum absolute atomic E-state index is 11.9. The minimum absolute atomic E-state index is 0.